The van der Waals surface area contributed by atoms with E-state index >= 15 is 0 Å². The highest BCUT2D eigenvalue weighted by molar-refractivity contribution is 5.93. The van der Waals surface area contributed by atoms with Gasteiger partial charge in [-0.3, -0.25) is 9.59 Å². The molecule has 7 heteroatoms. The molecular formula is C19H21N3O4. The summed E-state index contributed by atoms with van der Waals surface area (Å²) in [4.78, 5) is 23.5. The fraction of sp³-hybridized carbons (Fsp3) is 0.211. The van der Waals surface area contributed by atoms with Crippen molar-refractivity contribution >= 4 is 23.7 Å². The van der Waals surface area contributed by atoms with E-state index in [4.69, 9.17) is 4.74 Å². The summed E-state index contributed by atoms with van der Waals surface area (Å²) in [6.45, 7) is 2.24. The standard InChI is InChI=1S/C19H21N3O4/c1-2-26-17-12-14(8-9-16(17)23)13-20-22-19(25)11-10-18(24)21-15-6-4-3-5-7-15/h3-9,12-13,23H,2,10-11H2,1H3,(H,21,24)(H,22,25)/b20-13-. The van der Waals surface area contributed by atoms with Gasteiger partial charge in [-0.05, 0) is 42.8 Å². The van der Waals surface area contributed by atoms with Gasteiger partial charge in [0.25, 0.3) is 0 Å². The zero-order valence-electron chi connectivity index (χ0n) is 14.4. The Labute approximate surface area is 151 Å². The number of hydrazone groups is 1. The molecule has 2 aromatic carbocycles. The Morgan fingerprint density at radius 1 is 1.12 bits per heavy atom. The second-order valence-corrected chi connectivity index (χ2v) is 5.37. The van der Waals surface area contributed by atoms with Crippen molar-refractivity contribution in [3.8, 4) is 11.5 Å². The smallest absolute Gasteiger partial charge is 0.240 e. The van der Waals surface area contributed by atoms with Gasteiger partial charge >= 0.3 is 0 Å². The third kappa shape index (κ3) is 6.27. The summed E-state index contributed by atoms with van der Waals surface area (Å²) < 4.78 is 5.28. The molecule has 0 aliphatic rings. The molecule has 0 saturated carbocycles. The van der Waals surface area contributed by atoms with Gasteiger partial charge in [0.05, 0.1) is 12.8 Å². The first kappa shape index (κ1) is 19.0. The van der Waals surface area contributed by atoms with Crippen LogP contribution in [0.15, 0.2) is 53.6 Å². The summed E-state index contributed by atoms with van der Waals surface area (Å²) in [5, 5.41) is 16.2. The summed E-state index contributed by atoms with van der Waals surface area (Å²) in [6, 6.07) is 13.8. The number of para-hydroxylation sites is 1. The number of aromatic hydroxyl groups is 1. The number of hydrogen-bond donors (Lipinski definition) is 3. The van der Waals surface area contributed by atoms with Gasteiger partial charge in [-0.15, -0.1) is 0 Å². The normalized spacial score (nSPS) is 10.5. The number of phenolic OH excluding ortho intramolecular Hbond substituents is 1. The molecule has 0 heterocycles. The molecule has 0 radical (unpaired) electrons. The predicted molar refractivity (Wildman–Crippen MR) is 99.3 cm³/mol. The molecule has 0 aliphatic carbocycles. The number of phenols is 1. The molecule has 0 saturated heterocycles. The van der Waals surface area contributed by atoms with E-state index in [0.29, 0.717) is 23.6 Å². The van der Waals surface area contributed by atoms with E-state index in [2.05, 4.69) is 15.8 Å². The molecule has 7 nitrogen and oxygen atoms in total. The molecule has 2 aromatic rings. The fourth-order valence-corrected chi connectivity index (χ4v) is 2.09. The van der Waals surface area contributed by atoms with Crippen molar-refractivity contribution in [1.29, 1.82) is 0 Å². The van der Waals surface area contributed by atoms with Crippen molar-refractivity contribution in [3.05, 3.63) is 54.1 Å². The molecule has 0 atom stereocenters. The molecular weight excluding hydrogens is 334 g/mol. The number of carbonyl (C=O) groups excluding carboxylic acids is 2. The Hall–Kier alpha value is -3.35. The summed E-state index contributed by atoms with van der Waals surface area (Å²) in [5.41, 5.74) is 3.71. The molecule has 136 valence electrons. The maximum absolute atomic E-state index is 11.8. The molecule has 3 N–H and O–H groups in total. The first-order valence-corrected chi connectivity index (χ1v) is 8.21. The highest BCUT2D eigenvalue weighted by atomic mass is 16.5. The fourth-order valence-electron chi connectivity index (χ4n) is 2.09. The van der Waals surface area contributed by atoms with E-state index in [-0.39, 0.29) is 30.4 Å². The van der Waals surface area contributed by atoms with E-state index in [1.165, 1.54) is 12.3 Å². The highest BCUT2D eigenvalue weighted by Gasteiger charge is 2.07. The van der Waals surface area contributed by atoms with Crippen LogP contribution in [0.1, 0.15) is 25.3 Å². The highest BCUT2D eigenvalue weighted by Crippen LogP contribution is 2.26. The largest absolute Gasteiger partial charge is 0.504 e. The molecule has 0 fully saturated rings. The van der Waals surface area contributed by atoms with Gasteiger partial charge in [-0.1, -0.05) is 18.2 Å². The maximum atomic E-state index is 11.8. The first-order chi connectivity index (χ1) is 12.6. The van der Waals surface area contributed by atoms with Crippen LogP contribution in [0.5, 0.6) is 11.5 Å². The van der Waals surface area contributed by atoms with Crippen LogP contribution in [0.4, 0.5) is 5.69 Å². The monoisotopic (exact) mass is 355 g/mol. The van der Waals surface area contributed by atoms with E-state index in [0.717, 1.165) is 0 Å². The second-order valence-electron chi connectivity index (χ2n) is 5.37. The summed E-state index contributed by atoms with van der Waals surface area (Å²) >= 11 is 0. The topological polar surface area (TPSA) is 100 Å². The Balaban J connectivity index is 1.77. The Kier molecular flexibility index (Phi) is 7.17. The van der Waals surface area contributed by atoms with Gasteiger partial charge in [0.2, 0.25) is 11.8 Å². The summed E-state index contributed by atoms with van der Waals surface area (Å²) in [7, 11) is 0. The number of rotatable bonds is 8. The zero-order valence-corrected chi connectivity index (χ0v) is 14.4. The Bertz CT molecular complexity index is 776. The summed E-state index contributed by atoms with van der Waals surface area (Å²) in [5.74, 6) is -0.221. The van der Waals surface area contributed by atoms with Crippen LogP contribution >= 0.6 is 0 Å². The number of ether oxygens (including phenoxy) is 1. The van der Waals surface area contributed by atoms with Crippen molar-refractivity contribution in [2.75, 3.05) is 11.9 Å². The van der Waals surface area contributed by atoms with Crippen molar-refractivity contribution in [1.82, 2.24) is 5.43 Å². The van der Waals surface area contributed by atoms with Gasteiger partial charge < -0.3 is 15.2 Å². The molecule has 0 aromatic heterocycles. The van der Waals surface area contributed by atoms with Crippen LogP contribution in [0.2, 0.25) is 0 Å². The van der Waals surface area contributed by atoms with Crippen molar-refractivity contribution in [3.63, 3.8) is 0 Å². The SMILES string of the molecule is CCOc1cc(/C=N\NC(=O)CCC(=O)Nc2ccccc2)ccc1O. The minimum absolute atomic E-state index is 0.0236. The molecule has 0 spiro atoms. The molecule has 0 unspecified atom stereocenters. The number of anilines is 1. The van der Waals surface area contributed by atoms with Crippen LogP contribution in [0.25, 0.3) is 0 Å². The lowest BCUT2D eigenvalue weighted by Crippen LogP contribution is -2.20. The van der Waals surface area contributed by atoms with E-state index in [1.807, 2.05) is 25.1 Å². The summed E-state index contributed by atoms with van der Waals surface area (Å²) in [6.07, 6.45) is 1.52. The van der Waals surface area contributed by atoms with Crippen LogP contribution in [0, 0.1) is 0 Å². The maximum Gasteiger partial charge on any atom is 0.240 e. The van der Waals surface area contributed by atoms with Crippen molar-refractivity contribution < 1.29 is 19.4 Å². The van der Waals surface area contributed by atoms with Gasteiger partial charge in [0.1, 0.15) is 0 Å². The van der Waals surface area contributed by atoms with E-state index in [9.17, 15) is 14.7 Å². The Morgan fingerprint density at radius 3 is 2.58 bits per heavy atom. The van der Waals surface area contributed by atoms with Gasteiger partial charge in [0, 0.05) is 18.5 Å². The van der Waals surface area contributed by atoms with Crippen molar-refractivity contribution in [2.45, 2.75) is 19.8 Å². The number of nitrogens with one attached hydrogen (secondary N) is 2. The lowest BCUT2D eigenvalue weighted by atomic mass is 10.2. The average Bonchev–Trinajstić information content (AvgIpc) is 2.64. The van der Waals surface area contributed by atoms with Gasteiger partial charge in [0.15, 0.2) is 11.5 Å². The van der Waals surface area contributed by atoms with E-state index < -0.39 is 0 Å². The lowest BCUT2D eigenvalue weighted by Gasteiger charge is -2.06. The van der Waals surface area contributed by atoms with Crippen LogP contribution in [0.3, 0.4) is 0 Å². The quantitative estimate of drug-likeness (QED) is 0.501. The zero-order chi connectivity index (χ0) is 18.8. The lowest BCUT2D eigenvalue weighted by molar-refractivity contribution is -0.124. The minimum atomic E-state index is -0.367. The molecule has 2 amide bonds. The van der Waals surface area contributed by atoms with Gasteiger partial charge in [-0.2, -0.15) is 5.10 Å². The third-order valence-corrected chi connectivity index (χ3v) is 3.32. The van der Waals surface area contributed by atoms with Crippen LogP contribution < -0.4 is 15.5 Å². The first-order valence-electron chi connectivity index (χ1n) is 8.21. The molecule has 0 aliphatic heterocycles. The molecule has 0 bridgehead atoms. The number of benzene rings is 2. The molecule has 26 heavy (non-hydrogen) atoms. The number of nitrogens with zero attached hydrogens (tertiary/aromatic N) is 1. The number of hydrogen-bond acceptors (Lipinski definition) is 5. The third-order valence-electron chi connectivity index (χ3n) is 3.32. The predicted octanol–water partition coefficient (Wildman–Crippen LogP) is 2.66. The van der Waals surface area contributed by atoms with E-state index in [1.54, 1.807) is 24.3 Å². The van der Waals surface area contributed by atoms with Crippen LogP contribution in [-0.4, -0.2) is 29.7 Å². The van der Waals surface area contributed by atoms with Crippen LogP contribution in [-0.2, 0) is 9.59 Å². The second kappa shape index (κ2) is 9.83. The Morgan fingerprint density at radius 2 is 1.85 bits per heavy atom. The number of carbonyl (C=O) groups is 2. The molecule has 2 rings (SSSR count). The van der Waals surface area contributed by atoms with Gasteiger partial charge in [-0.25, -0.2) is 5.43 Å². The van der Waals surface area contributed by atoms with Crippen molar-refractivity contribution in [2.24, 2.45) is 5.10 Å². The number of amides is 2. The average molecular weight is 355 g/mol. The minimum Gasteiger partial charge on any atom is -0.504 e.